The lowest BCUT2D eigenvalue weighted by Crippen LogP contribution is -2.61. The number of hydrogen-bond acceptors (Lipinski definition) is 3. The molecule has 1 aromatic rings. The van der Waals surface area contributed by atoms with E-state index in [-0.39, 0.29) is 30.3 Å². The van der Waals surface area contributed by atoms with Crippen LogP contribution >= 0.6 is 0 Å². The Bertz CT molecular complexity index is 683. The van der Waals surface area contributed by atoms with E-state index in [2.05, 4.69) is 16.0 Å². The Balaban J connectivity index is 1.60. The average molecular weight is 372 g/mol. The van der Waals surface area contributed by atoms with Crippen LogP contribution < -0.4 is 16.0 Å². The number of nitrogens with zero attached hydrogens (tertiary/aromatic N) is 1. The van der Waals surface area contributed by atoms with E-state index in [1.54, 1.807) is 0 Å². The number of benzene rings is 1. The minimum atomic E-state index is -0.784. The van der Waals surface area contributed by atoms with Gasteiger partial charge in [0.25, 0.3) is 0 Å². The highest BCUT2D eigenvalue weighted by atomic mass is 16.2. The van der Waals surface area contributed by atoms with Crippen molar-refractivity contribution in [2.75, 3.05) is 18.4 Å². The van der Waals surface area contributed by atoms with Crippen LogP contribution in [0.1, 0.15) is 44.1 Å². The summed E-state index contributed by atoms with van der Waals surface area (Å²) in [6.07, 6.45) is 5.34. The fraction of sp³-hybridized carbons (Fsp3) is 0.550. The molecule has 7 nitrogen and oxygen atoms in total. The number of piperazine rings is 1. The fourth-order valence-electron chi connectivity index (χ4n) is 3.69. The van der Waals surface area contributed by atoms with E-state index in [4.69, 9.17) is 0 Å². The van der Waals surface area contributed by atoms with Gasteiger partial charge in [-0.3, -0.25) is 9.59 Å². The second kappa shape index (κ2) is 8.88. The molecule has 1 aromatic carbocycles. The first-order valence-electron chi connectivity index (χ1n) is 9.74. The Morgan fingerprint density at radius 3 is 2.56 bits per heavy atom. The number of rotatable bonds is 4. The van der Waals surface area contributed by atoms with Gasteiger partial charge in [-0.15, -0.1) is 0 Å². The third kappa shape index (κ3) is 5.21. The number of urea groups is 1. The zero-order valence-corrected chi connectivity index (χ0v) is 15.8. The van der Waals surface area contributed by atoms with Gasteiger partial charge in [-0.2, -0.15) is 0 Å². The lowest BCUT2D eigenvalue weighted by atomic mass is 9.95. The second-order valence-corrected chi connectivity index (χ2v) is 7.40. The molecule has 0 aromatic heterocycles. The zero-order chi connectivity index (χ0) is 19.2. The summed E-state index contributed by atoms with van der Waals surface area (Å²) in [7, 11) is 0. The maximum absolute atomic E-state index is 12.7. The van der Waals surface area contributed by atoms with Crippen LogP contribution in [0.5, 0.6) is 0 Å². The molecule has 4 amide bonds. The van der Waals surface area contributed by atoms with E-state index in [9.17, 15) is 14.4 Å². The normalized spacial score (nSPS) is 20.7. The molecule has 0 spiro atoms. The Hall–Kier alpha value is -2.57. The van der Waals surface area contributed by atoms with Crippen molar-refractivity contribution in [2.24, 2.45) is 0 Å². The SMILES string of the molecule is Cc1ccc(NC(=O)C[C@@H]2C(=O)NCCN2C(=O)NC2CCCCC2)cc1. The molecule has 2 aliphatic rings. The Morgan fingerprint density at radius 1 is 1.15 bits per heavy atom. The Labute approximate surface area is 159 Å². The lowest BCUT2D eigenvalue weighted by Gasteiger charge is -2.36. The summed E-state index contributed by atoms with van der Waals surface area (Å²) in [5.41, 5.74) is 1.78. The molecule has 1 saturated heterocycles. The molecule has 1 heterocycles. The summed E-state index contributed by atoms with van der Waals surface area (Å²) in [5, 5.41) is 8.60. The molecule has 146 valence electrons. The standard InChI is InChI=1S/C20H28N4O3/c1-14-7-9-16(10-8-14)22-18(25)13-17-19(26)21-11-12-24(17)20(27)23-15-5-3-2-4-6-15/h7-10,15,17H,2-6,11-13H2,1H3,(H,21,26)(H,22,25)(H,23,27)/t17-/m1/s1. The van der Waals surface area contributed by atoms with Crippen molar-refractivity contribution in [3.63, 3.8) is 0 Å². The minimum Gasteiger partial charge on any atom is -0.353 e. The van der Waals surface area contributed by atoms with Crippen molar-refractivity contribution in [2.45, 2.75) is 57.5 Å². The maximum Gasteiger partial charge on any atom is 0.318 e. The van der Waals surface area contributed by atoms with E-state index in [0.717, 1.165) is 31.2 Å². The van der Waals surface area contributed by atoms with Crippen molar-refractivity contribution in [1.82, 2.24) is 15.5 Å². The largest absolute Gasteiger partial charge is 0.353 e. The number of nitrogens with one attached hydrogen (secondary N) is 3. The van der Waals surface area contributed by atoms with Crippen LogP contribution in [-0.2, 0) is 9.59 Å². The van der Waals surface area contributed by atoms with Gasteiger partial charge in [0.15, 0.2) is 0 Å². The van der Waals surface area contributed by atoms with Gasteiger partial charge in [0.05, 0.1) is 6.42 Å². The van der Waals surface area contributed by atoms with Crippen molar-refractivity contribution in [3.05, 3.63) is 29.8 Å². The van der Waals surface area contributed by atoms with Crippen LogP contribution in [0, 0.1) is 6.92 Å². The molecule has 2 fully saturated rings. The summed E-state index contributed by atoms with van der Waals surface area (Å²) in [5.74, 6) is -0.560. The molecule has 7 heteroatoms. The van der Waals surface area contributed by atoms with Crippen LogP contribution in [-0.4, -0.2) is 47.9 Å². The smallest absolute Gasteiger partial charge is 0.318 e. The molecular formula is C20H28N4O3. The quantitative estimate of drug-likeness (QED) is 0.756. The first-order chi connectivity index (χ1) is 13.0. The molecule has 1 aliphatic carbocycles. The number of aryl methyl sites for hydroxylation is 1. The summed E-state index contributed by atoms with van der Waals surface area (Å²) in [6, 6.07) is 6.60. The van der Waals surface area contributed by atoms with Gasteiger partial charge in [0.1, 0.15) is 6.04 Å². The van der Waals surface area contributed by atoms with Crippen molar-refractivity contribution in [1.29, 1.82) is 0 Å². The van der Waals surface area contributed by atoms with Gasteiger partial charge in [-0.25, -0.2) is 4.79 Å². The summed E-state index contributed by atoms with van der Waals surface area (Å²) in [6.45, 7) is 2.79. The Kier molecular flexibility index (Phi) is 6.32. The monoisotopic (exact) mass is 372 g/mol. The van der Waals surface area contributed by atoms with Gasteiger partial charge >= 0.3 is 6.03 Å². The first-order valence-corrected chi connectivity index (χ1v) is 9.74. The fourth-order valence-corrected chi connectivity index (χ4v) is 3.69. The summed E-state index contributed by atoms with van der Waals surface area (Å²) < 4.78 is 0. The van der Waals surface area contributed by atoms with E-state index < -0.39 is 6.04 Å². The third-order valence-electron chi connectivity index (χ3n) is 5.24. The van der Waals surface area contributed by atoms with Crippen molar-refractivity contribution < 1.29 is 14.4 Å². The lowest BCUT2D eigenvalue weighted by molar-refractivity contribution is -0.131. The highest BCUT2D eigenvalue weighted by Gasteiger charge is 2.35. The van der Waals surface area contributed by atoms with Gasteiger partial charge in [-0.1, -0.05) is 37.0 Å². The number of anilines is 1. The van der Waals surface area contributed by atoms with Crippen molar-refractivity contribution >= 4 is 23.5 Å². The number of amides is 4. The highest BCUT2D eigenvalue weighted by molar-refractivity contribution is 5.97. The van der Waals surface area contributed by atoms with E-state index in [1.165, 1.54) is 11.3 Å². The van der Waals surface area contributed by atoms with Crippen LogP contribution in [0.2, 0.25) is 0 Å². The third-order valence-corrected chi connectivity index (χ3v) is 5.24. The van der Waals surface area contributed by atoms with Gasteiger partial charge in [0.2, 0.25) is 11.8 Å². The zero-order valence-electron chi connectivity index (χ0n) is 15.8. The maximum atomic E-state index is 12.7. The summed E-state index contributed by atoms with van der Waals surface area (Å²) >= 11 is 0. The predicted octanol–water partition coefficient (Wildman–Crippen LogP) is 2.17. The van der Waals surface area contributed by atoms with Gasteiger partial charge < -0.3 is 20.9 Å². The van der Waals surface area contributed by atoms with Crippen LogP contribution in [0.3, 0.4) is 0 Å². The second-order valence-electron chi connectivity index (χ2n) is 7.40. The molecule has 0 bridgehead atoms. The van der Waals surface area contributed by atoms with Crippen LogP contribution in [0.25, 0.3) is 0 Å². The van der Waals surface area contributed by atoms with E-state index in [1.807, 2.05) is 31.2 Å². The van der Waals surface area contributed by atoms with Gasteiger partial charge in [-0.05, 0) is 31.9 Å². The molecule has 3 N–H and O–H groups in total. The summed E-state index contributed by atoms with van der Waals surface area (Å²) in [4.78, 5) is 38.9. The number of carbonyl (C=O) groups is 3. The highest BCUT2D eigenvalue weighted by Crippen LogP contribution is 2.19. The molecular weight excluding hydrogens is 344 g/mol. The topological polar surface area (TPSA) is 90.5 Å². The molecule has 3 rings (SSSR count). The van der Waals surface area contributed by atoms with E-state index >= 15 is 0 Å². The van der Waals surface area contributed by atoms with Gasteiger partial charge in [0, 0.05) is 24.8 Å². The van der Waals surface area contributed by atoms with Crippen LogP contribution in [0.4, 0.5) is 10.5 Å². The molecule has 0 radical (unpaired) electrons. The average Bonchev–Trinajstić information content (AvgIpc) is 2.66. The number of hydrogen-bond donors (Lipinski definition) is 3. The van der Waals surface area contributed by atoms with E-state index in [0.29, 0.717) is 18.8 Å². The predicted molar refractivity (Wildman–Crippen MR) is 103 cm³/mol. The Morgan fingerprint density at radius 2 is 1.85 bits per heavy atom. The van der Waals surface area contributed by atoms with Crippen molar-refractivity contribution in [3.8, 4) is 0 Å². The number of carbonyl (C=O) groups excluding carboxylic acids is 3. The van der Waals surface area contributed by atoms with Crippen LogP contribution in [0.15, 0.2) is 24.3 Å². The molecule has 1 atom stereocenters. The molecule has 1 aliphatic heterocycles. The minimum absolute atomic E-state index is 0.0577. The first kappa shape index (κ1) is 19.2. The molecule has 0 unspecified atom stereocenters. The molecule has 27 heavy (non-hydrogen) atoms. The molecule has 1 saturated carbocycles.